The first-order valence-electron chi connectivity index (χ1n) is 6.63. The molecule has 0 saturated carbocycles. The molecule has 2 aromatic rings. The Labute approximate surface area is 126 Å². The molecule has 0 aliphatic heterocycles. The molecule has 5 nitrogen and oxygen atoms in total. The molecule has 0 aliphatic rings. The zero-order valence-electron chi connectivity index (χ0n) is 11.4. The van der Waals surface area contributed by atoms with Crippen LogP contribution in [0.15, 0.2) is 35.8 Å². The number of benzene rings is 1. The minimum atomic E-state index is -0.916. The van der Waals surface area contributed by atoms with Crippen molar-refractivity contribution in [3.63, 3.8) is 0 Å². The highest BCUT2D eigenvalue weighted by Gasteiger charge is 2.09. The summed E-state index contributed by atoms with van der Waals surface area (Å²) in [5.41, 5.74) is 1.18. The Hall–Kier alpha value is -2.21. The summed E-state index contributed by atoms with van der Waals surface area (Å²) in [5, 5.41) is 14.6. The molecule has 6 heteroatoms. The highest BCUT2D eigenvalue weighted by atomic mass is 32.1. The predicted molar refractivity (Wildman–Crippen MR) is 81.5 cm³/mol. The first-order chi connectivity index (χ1) is 10.1. The van der Waals surface area contributed by atoms with E-state index in [9.17, 15) is 9.59 Å². The van der Waals surface area contributed by atoms with E-state index in [1.165, 1.54) is 0 Å². The lowest BCUT2D eigenvalue weighted by Crippen LogP contribution is -2.14. The van der Waals surface area contributed by atoms with Gasteiger partial charge in [0, 0.05) is 23.7 Å². The molecule has 21 heavy (non-hydrogen) atoms. The van der Waals surface area contributed by atoms with Crippen LogP contribution in [0.25, 0.3) is 0 Å². The second-order valence-corrected chi connectivity index (χ2v) is 5.53. The van der Waals surface area contributed by atoms with Gasteiger partial charge in [-0.1, -0.05) is 18.2 Å². The third kappa shape index (κ3) is 5.00. The van der Waals surface area contributed by atoms with Crippen molar-refractivity contribution in [1.82, 2.24) is 4.98 Å². The molecule has 2 N–H and O–H groups in total. The average molecular weight is 304 g/mol. The van der Waals surface area contributed by atoms with Gasteiger partial charge in [0.25, 0.3) is 0 Å². The molecule has 2 rings (SSSR count). The Morgan fingerprint density at radius 1 is 1.29 bits per heavy atom. The minimum absolute atomic E-state index is 0.102. The molecule has 1 aromatic carbocycles. The lowest BCUT2D eigenvalue weighted by atomic mass is 10.1. The molecule has 0 radical (unpaired) electrons. The number of aromatic nitrogens is 1. The van der Waals surface area contributed by atoms with Crippen LogP contribution in [0.5, 0.6) is 0 Å². The Morgan fingerprint density at radius 3 is 2.81 bits per heavy atom. The van der Waals surface area contributed by atoms with Crippen LogP contribution >= 0.6 is 11.3 Å². The fourth-order valence-corrected chi connectivity index (χ4v) is 2.61. The van der Waals surface area contributed by atoms with E-state index in [1.807, 2.05) is 5.38 Å². The topological polar surface area (TPSA) is 79.3 Å². The van der Waals surface area contributed by atoms with E-state index in [4.69, 9.17) is 5.11 Å². The lowest BCUT2D eigenvalue weighted by Gasteiger charge is -2.09. The number of thiazole rings is 1. The van der Waals surface area contributed by atoms with Gasteiger partial charge in [-0.05, 0) is 24.5 Å². The quantitative estimate of drug-likeness (QED) is 0.824. The molecular weight excluding hydrogens is 288 g/mol. The van der Waals surface area contributed by atoms with Gasteiger partial charge in [0.2, 0.25) is 5.91 Å². The van der Waals surface area contributed by atoms with E-state index in [0.717, 1.165) is 17.8 Å². The maximum atomic E-state index is 11.9. The zero-order valence-corrected chi connectivity index (χ0v) is 12.2. The normalized spacial score (nSPS) is 10.3. The van der Waals surface area contributed by atoms with E-state index in [1.54, 1.807) is 41.8 Å². The van der Waals surface area contributed by atoms with E-state index in [0.29, 0.717) is 17.7 Å². The maximum absolute atomic E-state index is 11.9. The predicted octanol–water partition coefficient (Wildman–Crippen LogP) is 2.73. The van der Waals surface area contributed by atoms with Crippen molar-refractivity contribution in [3.05, 3.63) is 46.4 Å². The van der Waals surface area contributed by atoms with Crippen molar-refractivity contribution in [2.75, 3.05) is 5.32 Å². The summed E-state index contributed by atoms with van der Waals surface area (Å²) in [6.07, 6.45) is 3.54. The molecule has 0 unspecified atom stereocenters. The first-order valence-corrected chi connectivity index (χ1v) is 7.51. The number of hydrogen-bond acceptors (Lipinski definition) is 4. The molecule has 1 aromatic heterocycles. The number of anilines is 1. The number of para-hydroxylation sites is 1. The fraction of sp³-hybridized carbons (Fsp3) is 0.267. The molecular formula is C15H16N2O3S. The number of aliphatic carboxylic acids is 1. The standard InChI is InChI=1S/C15H16N2O3S/c18-13(6-3-7-14-16-8-9-21-14)17-12-5-2-1-4-11(12)10-15(19)20/h1-2,4-5,8-9H,3,6-7,10H2,(H,17,18)(H,19,20). The highest BCUT2D eigenvalue weighted by molar-refractivity contribution is 7.09. The third-order valence-corrected chi connectivity index (χ3v) is 3.75. The number of nitrogens with one attached hydrogen (secondary N) is 1. The second kappa shape index (κ2) is 7.54. The number of amides is 1. The fourth-order valence-electron chi connectivity index (χ4n) is 1.95. The number of nitrogens with zero attached hydrogens (tertiary/aromatic N) is 1. The molecule has 1 heterocycles. The first kappa shape index (κ1) is 15.2. The highest BCUT2D eigenvalue weighted by Crippen LogP contribution is 2.16. The SMILES string of the molecule is O=C(O)Cc1ccccc1NC(=O)CCCc1nccs1. The van der Waals surface area contributed by atoms with Crippen molar-refractivity contribution in [2.45, 2.75) is 25.7 Å². The van der Waals surface area contributed by atoms with Gasteiger partial charge in [0.05, 0.1) is 11.4 Å². The van der Waals surface area contributed by atoms with E-state index in [2.05, 4.69) is 10.3 Å². The van der Waals surface area contributed by atoms with Crippen LogP contribution in [0, 0.1) is 0 Å². The van der Waals surface area contributed by atoms with Crippen LogP contribution in [-0.4, -0.2) is 22.0 Å². The van der Waals surface area contributed by atoms with E-state index < -0.39 is 5.97 Å². The molecule has 0 spiro atoms. The molecule has 0 saturated heterocycles. The minimum Gasteiger partial charge on any atom is -0.481 e. The molecule has 110 valence electrons. The Bertz CT molecular complexity index is 611. The van der Waals surface area contributed by atoms with Gasteiger partial charge in [0.1, 0.15) is 0 Å². The van der Waals surface area contributed by atoms with Crippen molar-refractivity contribution < 1.29 is 14.7 Å². The van der Waals surface area contributed by atoms with Gasteiger partial charge in [0.15, 0.2) is 0 Å². The molecule has 0 aliphatic carbocycles. The van der Waals surface area contributed by atoms with Gasteiger partial charge in [-0.3, -0.25) is 9.59 Å². The maximum Gasteiger partial charge on any atom is 0.307 e. The molecule has 0 bridgehead atoms. The average Bonchev–Trinajstić information content (AvgIpc) is 2.93. The van der Waals surface area contributed by atoms with Crippen LogP contribution < -0.4 is 5.32 Å². The van der Waals surface area contributed by atoms with E-state index in [-0.39, 0.29) is 12.3 Å². The number of rotatable bonds is 7. The second-order valence-electron chi connectivity index (χ2n) is 4.56. The summed E-state index contributed by atoms with van der Waals surface area (Å²) < 4.78 is 0. The van der Waals surface area contributed by atoms with Crippen molar-refractivity contribution in [2.24, 2.45) is 0 Å². The van der Waals surface area contributed by atoms with Crippen molar-refractivity contribution in [1.29, 1.82) is 0 Å². The van der Waals surface area contributed by atoms with Crippen molar-refractivity contribution >= 4 is 28.9 Å². The van der Waals surface area contributed by atoms with Crippen LogP contribution in [-0.2, 0) is 22.4 Å². The number of carbonyl (C=O) groups is 2. The van der Waals surface area contributed by atoms with Gasteiger partial charge in [-0.2, -0.15) is 0 Å². The summed E-state index contributed by atoms with van der Waals surface area (Å²) >= 11 is 1.58. The lowest BCUT2D eigenvalue weighted by molar-refractivity contribution is -0.136. The van der Waals surface area contributed by atoms with E-state index >= 15 is 0 Å². The Kier molecular flexibility index (Phi) is 5.45. The third-order valence-electron chi connectivity index (χ3n) is 2.91. The zero-order chi connectivity index (χ0) is 15.1. The van der Waals surface area contributed by atoms with Crippen LogP contribution in [0.4, 0.5) is 5.69 Å². The monoisotopic (exact) mass is 304 g/mol. The largest absolute Gasteiger partial charge is 0.481 e. The summed E-state index contributed by atoms with van der Waals surface area (Å²) in [6, 6.07) is 6.96. The van der Waals surface area contributed by atoms with Gasteiger partial charge >= 0.3 is 5.97 Å². The molecule has 0 fully saturated rings. The van der Waals surface area contributed by atoms with Gasteiger partial charge in [-0.15, -0.1) is 11.3 Å². The number of carbonyl (C=O) groups excluding carboxylic acids is 1. The number of carboxylic acids is 1. The number of hydrogen-bond donors (Lipinski definition) is 2. The summed E-state index contributed by atoms with van der Waals surface area (Å²) in [7, 11) is 0. The number of carboxylic acid groups (broad SMARTS) is 1. The number of aryl methyl sites for hydroxylation is 1. The molecule has 1 amide bonds. The van der Waals surface area contributed by atoms with Crippen LogP contribution in [0.2, 0.25) is 0 Å². The van der Waals surface area contributed by atoms with Gasteiger partial charge in [-0.25, -0.2) is 4.98 Å². The van der Waals surface area contributed by atoms with Crippen LogP contribution in [0.3, 0.4) is 0 Å². The summed E-state index contributed by atoms with van der Waals surface area (Å²) in [5.74, 6) is -1.02. The summed E-state index contributed by atoms with van der Waals surface area (Å²) in [6.45, 7) is 0. The smallest absolute Gasteiger partial charge is 0.307 e. The molecule has 0 atom stereocenters. The Morgan fingerprint density at radius 2 is 2.10 bits per heavy atom. The summed E-state index contributed by atoms with van der Waals surface area (Å²) in [4.78, 5) is 26.9. The van der Waals surface area contributed by atoms with Crippen LogP contribution in [0.1, 0.15) is 23.4 Å². The van der Waals surface area contributed by atoms with Crippen molar-refractivity contribution in [3.8, 4) is 0 Å². The van der Waals surface area contributed by atoms with Gasteiger partial charge < -0.3 is 10.4 Å². The Balaban J connectivity index is 1.86.